The number of nitrogens with zero attached hydrogens (tertiary/aromatic N) is 6. The van der Waals surface area contributed by atoms with Crippen LogP contribution in [0.25, 0.3) is 10.9 Å². The van der Waals surface area contributed by atoms with Gasteiger partial charge in [-0.05, 0) is 91.8 Å². The molecule has 5 aromatic rings. The number of nitrogens with one attached hydrogen (secondary N) is 16. The molecule has 0 radical (unpaired) electrons. The van der Waals surface area contributed by atoms with E-state index in [0.29, 0.717) is 29.5 Å². The van der Waals surface area contributed by atoms with Gasteiger partial charge in [-0.25, -0.2) is 10.1 Å². The Morgan fingerprint density at radius 3 is 1.88 bits per heavy atom. The number of ether oxygens (including phenoxy) is 2. The number of unbranched alkanes of at least 4 members (excludes halogenated alkanes) is 13. The average Bonchev–Trinajstić information content (AvgIpc) is 1.66. The van der Waals surface area contributed by atoms with E-state index in [1.165, 1.54) is 63.9 Å². The third-order valence-electron chi connectivity index (χ3n) is 23.1. The van der Waals surface area contributed by atoms with Crippen LogP contribution in [0.4, 0.5) is 0 Å². The highest BCUT2D eigenvalue weighted by atomic mass is 16.5. The number of hydrogen-bond acceptors (Lipinski definition) is 26. The van der Waals surface area contributed by atoms with Crippen molar-refractivity contribution in [1.82, 2.24) is 110 Å². The molecule has 0 unspecified atom stereocenters. The zero-order chi connectivity index (χ0) is 99.2. The van der Waals surface area contributed by atoms with Crippen LogP contribution in [-0.2, 0) is 112 Å². The summed E-state index contributed by atoms with van der Waals surface area (Å²) in [7, 11) is 0. The maximum atomic E-state index is 15.3. The van der Waals surface area contributed by atoms with E-state index < -0.39 is 233 Å². The molecule has 0 aliphatic carbocycles. The summed E-state index contributed by atoms with van der Waals surface area (Å²) in [4.78, 5) is 239. The topological polar surface area (TPSA) is 727 Å². The first-order chi connectivity index (χ1) is 66.0. The van der Waals surface area contributed by atoms with E-state index >= 15 is 14.4 Å². The Balaban J connectivity index is 0.950. The second-order valence-electron chi connectivity index (χ2n) is 34.1. The molecule has 0 saturated carbocycles. The highest BCUT2D eigenvalue weighted by Gasteiger charge is 2.44. The van der Waals surface area contributed by atoms with Gasteiger partial charge in [-0.2, -0.15) is 0 Å². The number of aliphatic imine (C=N–C) groups is 1. The Morgan fingerprint density at radius 2 is 1.21 bits per heavy atom. The molecule has 0 spiro atoms. The minimum atomic E-state index is -1.92. The first-order valence-corrected chi connectivity index (χ1v) is 47.1. The molecule has 3 aromatic heterocycles. The number of primary amides is 2. The molecular weight excluding hydrogens is 1780 g/mol. The fraction of sp³-hybridized carbons (Fsp3) is 0.611. The zero-order valence-corrected chi connectivity index (χ0v) is 77.7. The number of benzene rings is 2. The van der Waals surface area contributed by atoms with E-state index in [-0.39, 0.29) is 115 Å². The van der Waals surface area contributed by atoms with Gasteiger partial charge in [0.1, 0.15) is 78.9 Å². The van der Waals surface area contributed by atoms with Crippen molar-refractivity contribution in [2.75, 3.05) is 72.4 Å². The Labute approximate surface area is 793 Å². The molecule has 47 nitrogen and oxygen atoms in total. The van der Waals surface area contributed by atoms with Gasteiger partial charge in [0.05, 0.1) is 52.0 Å². The van der Waals surface area contributed by atoms with Crippen molar-refractivity contribution in [2.24, 2.45) is 27.9 Å². The van der Waals surface area contributed by atoms with Crippen LogP contribution in [-0.4, -0.2) is 301 Å². The molecule has 2 fully saturated rings. The number of guanidine groups is 1. The number of hydrogen-bond donors (Lipinski definition) is 23. The first-order valence-electron chi connectivity index (χ1n) is 47.1. The van der Waals surface area contributed by atoms with Crippen LogP contribution in [0.2, 0.25) is 0 Å². The largest absolute Gasteiger partial charge is 0.394 e. The molecule has 754 valence electrons. The predicted octanol–water partition coefficient (Wildman–Crippen LogP) is -3.73. The summed E-state index contributed by atoms with van der Waals surface area (Å²) >= 11 is 0. The minimum absolute atomic E-state index is 0.0161. The van der Waals surface area contributed by atoms with Crippen LogP contribution in [0.3, 0.4) is 0 Å². The quantitative estimate of drug-likeness (QED) is 0.0101. The van der Waals surface area contributed by atoms with Gasteiger partial charge in [0.2, 0.25) is 94.5 Å². The molecule has 137 heavy (non-hydrogen) atoms. The van der Waals surface area contributed by atoms with Crippen molar-refractivity contribution in [3.05, 3.63) is 96.0 Å². The summed E-state index contributed by atoms with van der Waals surface area (Å²) in [5, 5.41) is 80.4. The number of aryl methyl sites for hydroxylation is 1. The highest BCUT2D eigenvalue weighted by molar-refractivity contribution is 6.01. The number of rotatable bonds is 56. The third kappa shape index (κ3) is 41.5. The second-order valence-corrected chi connectivity index (χ2v) is 34.1. The van der Waals surface area contributed by atoms with Crippen LogP contribution in [0, 0.1) is 0 Å². The fourth-order valence-corrected chi connectivity index (χ4v) is 15.6. The number of amides is 16. The van der Waals surface area contributed by atoms with Crippen LogP contribution < -0.4 is 92.1 Å². The molecule has 2 aliphatic rings. The molecule has 5 heterocycles. The summed E-state index contributed by atoms with van der Waals surface area (Å²) in [6.45, 7) is -1.68. The number of carbonyl (C=O) groups is 16. The summed E-state index contributed by atoms with van der Waals surface area (Å²) < 4.78 is 10.8. The number of fused-ring (bicyclic) bond motifs is 2. The van der Waals surface area contributed by atoms with Crippen LogP contribution in [0.5, 0.6) is 0 Å². The Hall–Kier alpha value is -13.2. The lowest BCUT2D eigenvalue weighted by Gasteiger charge is -2.31. The number of imidazole rings is 1. The van der Waals surface area contributed by atoms with Crippen LogP contribution >= 0.6 is 0 Å². The van der Waals surface area contributed by atoms with Gasteiger partial charge in [-0.1, -0.05) is 139 Å². The standard InChI is InChI=1S/C90H138N26O21/c1-2-3-28-63(80(126)107-66-35-37-76(122)96-38-23-22-30-62(79(92)125)103-84(130)68(45-57-48-99-61-29-21-20-27-60(57)61)108-81(127)64(31-24-39-98-90(93)94)104-83(129)67(44-56-25-16-15-17-26-56)110-88(134)72-47-59(119)51-116(72)89(66)135)105-87(133)71(53-118)111-85(131)69(46-58-49-95-55-101-58)109-82(128)65(34-36-73(91)120)106-86(132)70(52-117)102-77(123)50-100-78(124)54-137-43-42-136-41-40-97-75(121)33-19-14-12-10-8-6-4-5-7-9-11-13-18-32-74-112-114-115-113-74/h15-17,20-21,25-27,29,48-49,55,59,62-72,99,117-119H,2-14,18-19,22-24,28,30-47,50-54H2,1H3,(H2,91,120)(H2,92,125)(H,95,101)(H,96,122)(H,97,121)(H,100,124)(H,102,123)(H,103,130)(H,104,129)(H,105,133)(H,106,132)(H,107,126)(H,108,127)(H,109,128)(H,110,134)(H,111,131)(H4,93,94,98)(H,112,113,114,115)/t59-,62+,63+,64+,65+,66+,67-,68+,69+,70+,71+,72+/m1/s1. The van der Waals surface area contributed by atoms with Crippen molar-refractivity contribution in [2.45, 2.75) is 279 Å². The number of aromatic amines is 3. The Kier molecular flexibility index (Phi) is 50.0. The number of carbonyl (C=O) groups excluding carboxylic acids is 16. The van der Waals surface area contributed by atoms with Gasteiger partial charge in [0.25, 0.3) is 0 Å². The third-order valence-corrected chi connectivity index (χ3v) is 23.1. The summed E-state index contributed by atoms with van der Waals surface area (Å²) in [6, 6.07) is -2.19. The van der Waals surface area contributed by atoms with Gasteiger partial charge < -0.3 is 132 Å². The fourth-order valence-electron chi connectivity index (χ4n) is 15.6. The molecule has 7 rings (SSSR count). The first kappa shape index (κ1) is 111. The van der Waals surface area contributed by atoms with E-state index in [0.717, 1.165) is 54.6 Å². The van der Waals surface area contributed by atoms with Gasteiger partial charge in [0, 0.05) is 107 Å². The lowest BCUT2D eigenvalue weighted by Crippen LogP contribution is -2.61. The molecule has 27 N–H and O–H groups in total. The van der Waals surface area contributed by atoms with E-state index in [1.54, 1.807) is 61.7 Å². The molecule has 2 saturated heterocycles. The SMILES string of the molecule is CCCC[C@H](NC(=O)[C@H](CO)NC(=O)[C@H](Cc1cnc[nH]1)NC(=O)[C@H](CCC(N)=O)NC(=O)[C@H](CO)NC(=O)CNC(=O)COCCOCCNC(=O)CCCCCCCCCCCCCCCc1nnn[nH]1)C(=O)N[C@H]1CCC(=O)NCCCC[C@@H](C(N)=O)NC(=O)[C@H](Cc2c[nH]c3ccccc23)NC(=O)[C@H](CCCN=C(N)N)NC(=O)[C@@H](Cc2ccccc2)NC(=O)[C@@H]2C[C@@H](O)CN2C1=O. The normalized spacial score (nSPS) is 18.7. The summed E-state index contributed by atoms with van der Waals surface area (Å²) in [5.74, 6) is -14.0. The lowest BCUT2D eigenvalue weighted by atomic mass is 10.0. The number of aliphatic hydroxyl groups is 3. The van der Waals surface area contributed by atoms with Gasteiger partial charge in [0.15, 0.2) is 5.96 Å². The molecule has 47 heteroatoms. The minimum Gasteiger partial charge on any atom is -0.394 e. The van der Waals surface area contributed by atoms with E-state index in [9.17, 15) is 77.6 Å². The lowest BCUT2D eigenvalue weighted by molar-refractivity contribution is -0.143. The number of para-hydroxylation sites is 1. The number of H-pyrrole nitrogens is 3. The van der Waals surface area contributed by atoms with Crippen molar-refractivity contribution in [1.29, 1.82) is 0 Å². The van der Waals surface area contributed by atoms with Crippen LogP contribution in [0.15, 0.2) is 78.3 Å². The monoisotopic (exact) mass is 1920 g/mol. The molecule has 0 bridgehead atoms. The van der Waals surface area contributed by atoms with Crippen molar-refractivity contribution < 1.29 is 102 Å². The number of aromatic nitrogens is 7. The number of tetrazole rings is 1. The molecule has 2 aliphatic heterocycles. The molecule has 2 aromatic carbocycles. The van der Waals surface area contributed by atoms with Gasteiger partial charge in [-0.3, -0.25) is 81.7 Å². The maximum Gasteiger partial charge on any atom is 0.246 e. The second kappa shape index (κ2) is 61.8. The average molecular weight is 1920 g/mol. The maximum absolute atomic E-state index is 15.3. The highest BCUT2D eigenvalue weighted by Crippen LogP contribution is 2.24. The molecule has 12 atom stereocenters. The number of nitrogens with two attached hydrogens (primary N) is 4. The van der Waals surface area contributed by atoms with E-state index in [4.69, 9.17) is 32.4 Å². The van der Waals surface area contributed by atoms with E-state index in [2.05, 4.69) is 110 Å². The van der Waals surface area contributed by atoms with Crippen molar-refractivity contribution in [3.63, 3.8) is 0 Å². The summed E-state index contributed by atoms with van der Waals surface area (Å²) in [6.07, 6.45) is 16.5. The van der Waals surface area contributed by atoms with Crippen molar-refractivity contribution >= 4 is 111 Å². The van der Waals surface area contributed by atoms with Crippen LogP contribution in [0.1, 0.15) is 203 Å². The van der Waals surface area contributed by atoms with Gasteiger partial charge >= 0.3 is 0 Å². The summed E-state index contributed by atoms with van der Waals surface area (Å²) in [5.41, 5.74) is 24.7. The smallest absolute Gasteiger partial charge is 0.246 e. The van der Waals surface area contributed by atoms with Gasteiger partial charge in [-0.15, -0.1) is 5.10 Å². The molecular formula is C90H138N26O21. The zero-order valence-electron chi connectivity index (χ0n) is 77.7. The predicted molar refractivity (Wildman–Crippen MR) is 497 cm³/mol. The Bertz CT molecular complexity index is 4680. The van der Waals surface area contributed by atoms with E-state index in [1.807, 2.05) is 6.07 Å². The Morgan fingerprint density at radius 1 is 0.599 bits per heavy atom. The molecule has 16 amide bonds. The van der Waals surface area contributed by atoms with Crippen molar-refractivity contribution in [3.8, 4) is 0 Å². The number of aliphatic hydroxyl groups excluding tert-OH is 3.